The Kier molecular flexibility index (Phi) is 7.28. The molecule has 0 aliphatic heterocycles. The van der Waals surface area contributed by atoms with E-state index in [4.69, 9.17) is 4.98 Å². The van der Waals surface area contributed by atoms with Gasteiger partial charge in [-0.15, -0.1) is 17.9 Å². The van der Waals surface area contributed by atoms with E-state index >= 15 is 0 Å². The van der Waals surface area contributed by atoms with E-state index in [9.17, 15) is 9.59 Å². The molecule has 2 aromatic heterocycles. The average Bonchev–Trinajstić information content (AvgIpc) is 3.13. The van der Waals surface area contributed by atoms with Gasteiger partial charge in [0.25, 0.3) is 5.56 Å². The number of fused-ring (bicyclic) bond motifs is 1. The Morgan fingerprint density at radius 2 is 2.10 bits per heavy atom. The van der Waals surface area contributed by atoms with Crippen LogP contribution in [0.1, 0.15) is 20.3 Å². The Morgan fingerprint density at radius 3 is 2.79 bits per heavy atom. The first kappa shape index (κ1) is 21.3. The minimum atomic E-state index is -0.0993. The smallest absolute Gasteiger partial charge is 0.263 e. The number of amides is 1. The predicted molar refractivity (Wildman–Crippen MR) is 123 cm³/mol. The van der Waals surface area contributed by atoms with Gasteiger partial charge in [0.1, 0.15) is 4.83 Å². The zero-order valence-corrected chi connectivity index (χ0v) is 18.3. The van der Waals surface area contributed by atoms with Gasteiger partial charge in [0.15, 0.2) is 5.16 Å². The van der Waals surface area contributed by atoms with Gasteiger partial charge in [-0.1, -0.05) is 62.0 Å². The molecule has 1 N–H and O–H groups in total. The summed E-state index contributed by atoms with van der Waals surface area (Å²) in [6, 6.07) is 9.84. The van der Waals surface area contributed by atoms with Crippen LogP contribution < -0.4 is 10.9 Å². The molecule has 29 heavy (non-hydrogen) atoms. The highest BCUT2D eigenvalue weighted by molar-refractivity contribution is 7.99. The molecule has 0 unspecified atom stereocenters. The molecular formula is C22H25N3O2S2. The van der Waals surface area contributed by atoms with Crippen LogP contribution in [-0.4, -0.2) is 27.8 Å². The second-order valence-corrected chi connectivity index (χ2v) is 8.92. The van der Waals surface area contributed by atoms with Crippen LogP contribution >= 0.6 is 23.1 Å². The molecule has 0 aliphatic rings. The summed E-state index contributed by atoms with van der Waals surface area (Å²) in [5.74, 6) is 0.720. The van der Waals surface area contributed by atoms with Gasteiger partial charge in [0.05, 0.1) is 11.1 Å². The molecule has 0 bridgehead atoms. The molecule has 1 aromatic carbocycles. The number of allylic oxidation sites excluding steroid dienone is 1. The number of aromatic nitrogens is 2. The zero-order valence-electron chi connectivity index (χ0n) is 16.7. The van der Waals surface area contributed by atoms with Gasteiger partial charge in [-0.25, -0.2) is 4.98 Å². The van der Waals surface area contributed by atoms with Crippen LogP contribution in [0.2, 0.25) is 0 Å². The molecule has 0 saturated heterocycles. The highest BCUT2D eigenvalue weighted by atomic mass is 32.2. The van der Waals surface area contributed by atoms with Crippen LogP contribution in [0.15, 0.2) is 58.3 Å². The second-order valence-electron chi connectivity index (χ2n) is 7.12. The lowest BCUT2D eigenvalue weighted by Crippen LogP contribution is -2.28. The average molecular weight is 428 g/mol. The number of thioether (sulfide) groups is 1. The van der Waals surface area contributed by atoms with Gasteiger partial charge in [0, 0.05) is 24.0 Å². The molecule has 0 spiro atoms. The Labute approximate surface area is 178 Å². The normalized spacial score (nSPS) is 11.1. The number of nitrogens with zero attached hydrogens (tertiary/aromatic N) is 2. The van der Waals surface area contributed by atoms with Crippen molar-refractivity contribution in [3.8, 4) is 11.1 Å². The summed E-state index contributed by atoms with van der Waals surface area (Å²) < 4.78 is 1.60. The summed E-state index contributed by atoms with van der Waals surface area (Å²) in [7, 11) is 0. The summed E-state index contributed by atoms with van der Waals surface area (Å²) in [5, 5.41) is 6.06. The molecule has 1 amide bonds. The first-order valence-electron chi connectivity index (χ1n) is 9.59. The van der Waals surface area contributed by atoms with Gasteiger partial charge < -0.3 is 5.32 Å². The van der Waals surface area contributed by atoms with Crippen molar-refractivity contribution in [1.82, 2.24) is 14.9 Å². The van der Waals surface area contributed by atoms with Crippen molar-refractivity contribution >= 4 is 39.2 Å². The van der Waals surface area contributed by atoms with Crippen LogP contribution in [0.5, 0.6) is 0 Å². The van der Waals surface area contributed by atoms with Crippen molar-refractivity contribution < 1.29 is 4.79 Å². The summed E-state index contributed by atoms with van der Waals surface area (Å²) in [6.45, 7) is 9.02. The van der Waals surface area contributed by atoms with Crippen molar-refractivity contribution in [2.24, 2.45) is 5.92 Å². The largest absolute Gasteiger partial charge is 0.355 e. The fraction of sp³-hybridized carbons (Fsp3) is 0.318. The van der Waals surface area contributed by atoms with Gasteiger partial charge >= 0.3 is 0 Å². The number of carbonyl (C=O) groups is 1. The minimum Gasteiger partial charge on any atom is -0.355 e. The van der Waals surface area contributed by atoms with E-state index in [1.54, 1.807) is 10.6 Å². The summed E-state index contributed by atoms with van der Waals surface area (Å²) in [4.78, 5) is 30.8. The lowest BCUT2D eigenvalue weighted by Gasteiger charge is -2.11. The van der Waals surface area contributed by atoms with E-state index in [2.05, 4.69) is 25.7 Å². The number of rotatable bonds is 9. The Morgan fingerprint density at radius 1 is 1.34 bits per heavy atom. The van der Waals surface area contributed by atoms with E-state index in [1.165, 1.54) is 23.1 Å². The number of benzene rings is 1. The molecule has 0 radical (unpaired) electrons. The number of carbonyl (C=O) groups excluding carboxylic acids is 1. The molecule has 152 valence electrons. The number of nitrogens with one attached hydrogen (secondary N) is 1. The molecule has 3 aromatic rings. The van der Waals surface area contributed by atoms with E-state index in [0.29, 0.717) is 34.4 Å². The molecule has 3 rings (SSSR count). The monoisotopic (exact) mass is 427 g/mol. The standard InChI is InChI=1S/C22H25N3O2S2/c1-4-12-25-21(27)19-17(16-8-6-5-7-9-16)13-28-20(19)24-22(25)29-14-18(26)23-11-10-15(2)3/h4-9,13,15H,1,10-12,14H2,2-3H3,(H,23,26). The van der Waals surface area contributed by atoms with Crippen molar-refractivity contribution in [3.05, 3.63) is 58.7 Å². The van der Waals surface area contributed by atoms with Gasteiger partial charge in [-0.2, -0.15) is 0 Å². The van der Waals surface area contributed by atoms with Gasteiger partial charge in [-0.3, -0.25) is 14.2 Å². The summed E-state index contributed by atoms with van der Waals surface area (Å²) in [5.41, 5.74) is 1.79. The Bertz CT molecular complexity index is 1060. The Hall–Kier alpha value is -2.38. The van der Waals surface area contributed by atoms with Gasteiger partial charge in [0.2, 0.25) is 5.91 Å². The highest BCUT2D eigenvalue weighted by Crippen LogP contribution is 2.32. The van der Waals surface area contributed by atoms with Crippen LogP contribution in [-0.2, 0) is 11.3 Å². The fourth-order valence-corrected chi connectivity index (χ4v) is 4.74. The molecule has 5 nitrogen and oxygen atoms in total. The molecule has 0 atom stereocenters. The minimum absolute atomic E-state index is 0.0497. The van der Waals surface area contributed by atoms with Crippen LogP contribution in [0.4, 0.5) is 0 Å². The first-order chi connectivity index (χ1) is 14.0. The predicted octanol–water partition coefficient (Wildman–Crippen LogP) is 4.57. The molecule has 0 fully saturated rings. The molecule has 0 saturated carbocycles. The van der Waals surface area contributed by atoms with Crippen molar-refractivity contribution in [2.45, 2.75) is 32.0 Å². The quantitative estimate of drug-likeness (QED) is 0.309. The first-order valence-corrected chi connectivity index (χ1v) is 11.5. The van der Waals surface area contributed by atoms with Crippen LogP contribution in [0.3, 0.4) is 0 Å². The van der Waals surface area contributed by atoms with Crippen LogP contribution in [0, 0.1) is 5.92 Å². The number of hydrogen-bond donors (Lipinski definition) is 1. The third-order valence-corrected chi connectivity index (χ3v) is 6.28. The topological polar surface area (TPSA) is 64.0 Å². The van der Waals surface area contributed by atoms with E-state index in [1.807, 2.05) is 35.7 Å². The third-order valence-electron chi connectivity index (χ3n) is 4.43. The Balaban J connectivity index is 1.88. The third kappa shape index (κ3) is 5.16. The highest BCUT2D eigenvalue weighted by Gasteiger charge is 2.17. The number of hydrogen-bond acceptors (Lipinski definition) is 5. The number of thiophene rings is 1. The maximum absolute atomic E-state index is 13.3. The van der Waals surface area contributed by atoms with E-state index in [0.717, 1.165) is 17.5 Å². The molecule has 7 heteroatoms. The van der Waals surface area contributed by atoms with Crippen molar-refractivity contribution in [1.29, 1.82) is 0 Å². The van der Waals surface area contributed by atoms with Crippen molar-refractivity contribution in [2.75, 3.05) is 12.3 Å². The summed E-state index contributed by atoms with van der Waals surface area (Å²) >= 11 is 2.74. The maximum Gasteiger partial charge on any atom is 0.263 e. The second kappa shape index (κ2) is 9.89. The SMILES string of the molecule is C=CCn1c(SCC(=O)NCCC(C)C)nc2scc(-c3ccccc3)c2c1=O. The van der Waals surface area contributed by atoms with Crippen LogP contribution in [0.25, 0.3) is 21.3 Å². The zero-order chi connectivity index (χ0) is 20.8. The lowest BCUT2D eigenvalue weighted by atomic mass is 10.1. The van der Waals surface area contributed by atoms with Gasteiger partial charge in [-0.05, 0) is 17.9 Å². The fourth-order valence-electron chi connectivity index (χ4n) is 2.92. The summed E-state index contributed by atoms with van der Waals surface area (Å²) in [6.07, 6.45) is 2.62. The van der Waals surface area contributed by atoms with E-state index in [-0.39, 0.29) is 17.2 Å². The molecule has 0 aliphatic carbocycles. The maximum atomic E-state index is 13.3. The molecule has 2 heterocycles. The van der Waals surface area contributed by atoms with Crippen molar-refractivity contribution in [3.63, 3.8) is 0 Å². The lowest BCUT2D eigenvalue weighted by molar-refractivity contribution is -0.118. The van der Waals surface area contributed by atoms with E-state index < -0.39 is 0 Å². The molecular weight excluding hydrogens is 402 g/mol.